The number of benzene rings is 2. The van der Waals surface area contributed by atoms with Crippen LogP contribution in [0.1, 0.15) is 28.3 Å². The third-order valence-corrected chi connectivity index (χ3v) is 5.14. The van der Waals surface area contributed by atoms with Crippen molar-refractivity contribution in [3.63, 3.8) is 0 Å². The molecule has 120 valence electrons. The highest BCUT2D eigenvalue weighted by atomic mass is 16.5. The topological polar surface area (TPSA) is 41.9 Å². The molecule has 0 saturated heterocycles. The van der Waals surface area contributed by atoms with Crippen LogP contribution in [0.4, 0.5) is 0 Å². The molecule has 2 aromatic carbocycles. The number of rotatable bonds is 2. The van der Waals surface area contributed by atoms with Crippen LogP contribution >= 0.6 is 0 Å². The van der Waals surface area contributed by atoms with Crippen LogP contribution in [0.3, 0.4) is 0 Å². The number of fused-ring (bicyclic) bond motifs is 4. The zero-order chi connectivity index (χ0) is 16.0. The van der Waals surface area contributed by atoms with E-state index in [4.69, 9.17) is 9.47 Å². The van der Waals surface area contributed by atoms with Crippen LogP contribution in [-0.2, 0) is 19.4 Å². The van der Waals surface area contributed by atoms with Gasteiger partial charge in [-0.15, -0.1) is 0 Å². The first-order valence-corrected chi connectivity index (χ1v) is 8.00. The van der Waals surface area contributed by atoms with Gasteiger partial charge in [0.2, 0.25) is 0 Å². The first kappa shape index (κ1) is 14.4. The lowest BCUT2D eigenvalue weighted by Gasteiger charge is -2.41. The fourth-order valence-corrected chi connectivity index (χ4v) is 3.91. The zero-order valence-electron chi connectivity index (χ0n) is 13.5. The van der Waals surface area contributed by atoms with E-state index >= 15 is 0 Å². The molecule has 4 nitrogen and oxygen atoms in total. The Morgan fingerprint density at radius 3 is 2.65 bits per heavy atom. The average Bonchev–Trinajstić information content (AvgIpc) is 2.59. The van der Waals surface area contributed by atoms with Crippen molar-refractivity contribution in [1.29, 1.82) is 0 Å². The molecular formula is C19H21NO3. The first-order valence-electron chi connectivity index (χ1n) is 8.00. The summed E-state index contributed by atoms with van der Waals surface area (Å²) >= 11 is 0. The lowest BCUT2D eigenvalue weighted by atomic mass is 9.83. The van der Waals surface area contributed by atoms with Crippen molar-refractivity contribution in [3.8, 4) is 17.2 Å². The fourth-order valence-electron chi connectivity index (χ4n) is 3.91. The predicted octanol–water partition coefficient (Wildman–Crippen LogP) is 3.06. The van der Waals surface area contributed by atoms with Gasteiger partial charge in [-0.05, 0) is 47.7 Å². The SMILES string of the molecule is COc1cc2c(cc1OC)C1Cc3cccc(O)c3CN1CC2. The molecule has 0 aromatic heterocycles. The molecule has 0 spiro atoms. The molecule has 4 rings (SSSR count). The van der Waals surface area contributed by atoms with Gasteiger partial charge in [-0.2, -0.15) is 0 Å². The average molecular weight is 311 g/mol. The lowest BCUT2D eigenvalue weighted by Crippen LogP contribution is -2.39. The number of ether oxygens (including phenoxy) is 2. The Kier molecular flexibility index (Phi) is 3.42. The molecule has 4 heteroatoms. The molecule has 0 bridgehead atoms. The molecule has 0 amide bonds. The Morgan fingerprint density at radius 1 is 1.09 bits per heavy atom. The number of phenols is 1. The van der Waals surface area contributed by atoms with E-state index in [1.807, 2.05) is 6.07 Å². The highest BCUT2D eigenvalue weighted by Crippen LogP contribution is 2.43. The number of nitrogens with zero attached hydrogens (tertiary/aromatic N) is 1. The summed E-state index contributed by atoms with van der Waals surface area (Å²) in [4.78, 5) is 2.45. The summed E-state index contributed by atoms with van der Waals surface area (Å²) in [5.74, 6) is 2.00. The maximum absolute atomic E-state index is 10.1. The lowest BCUT2D eigenvalue weighted by molar-refractivity contribution is 0.158. The molecule has 1 atom stereocenters. The van der Waals surface area contributed by atoms with Gasteiger partial charge >= 0.3 is 0 Å². The first-order chi connectivity index (χ1) is 11.2. The Bertz CT molecular complexity index is 757. The van der Waals surface area contributed by atoms with Crippen molar-refractivity contribution >= 4 is 0 Å². The summed E-state index contributed by atoms with van der Waals surface area (Å²) in [7, 11) is 3.36. The summed E-state index contributed by atoms with van der Waals surface area (Å²) in [6.07, 6.45) is 1.92. The summed E-state index contributed by atoms with van der Waals surface area (Å²) in [6.45, 7) is 1.81. The zero-order valence-corrected chi connectivity index (χ0v) is 13.5. The molecule has 2 aliphatic heterocycles. The minimum atomic E-state index is 0.341. The number of hydrogen-bond acceptors (Lipinski definition) is 4. The fraction of sp³-hybridized carbons (Fsp3) is 0.368. The summed E-state index contributed by atoms with van der Waals surface area (Å²) in [5, 5.41) is 10.1. The van der Waals surface area contributed by atoms with Gasteiger partial charge in [0.05, 0.1) is 14.2 Å². The largest absolute Gasteiger partial charge is 0.508 e. The van der Waals surface area contributed by atoms with Gasteiger partial charge < -0.3 is 14.6 Å². The molecule has 0 radical (unpaired) electrons. The van der Waals surface area contributed by atoms with Crippen LogP contribution < -0.4 is 9.47 Å². The van der Waals surface area contributed by atoms with Gasteiger partial charge in [-0.3, -0.25) is 4.90 Å². The predicted molar refractivity (Wildman–Crippen MR) is 88.2 cm³/mol. The number of hydrogen-bond donors (Lipinski definition) is 1. The van der Waals surface area contributed by atoms with E-state index in [0.717, 1.165) is 43.0 Å². The van der Waals surface area contributed by atoms with E-state index in [-0.39, 0.29) is 0 Å². The van der Waals surface area contributed by atoms with Crippen LogP contribution in [0.2, 0.25) is 0 Å². The maximum Gasteiger partial charge on any atom is 0.161 e. The van der Waals surface area contributed by atoms with E-state index in [0.29, 0.717) is 11.8 Å². The summed E-state index contributed by atoms with van der Waals surface area (Å²) in [6, 6.07) is 10.4. The number of aromatic hydroxyl groups is 1. The van der Waals surface area contributed by atoms with Crippen molar-refractivity contribution in [2.75, 3.05) is 20.8 Å². The van der Waals surface area contributed by atoms with Gasteiger partial charge in [-0.1, -0.05) is 12.1 Å². The molecular weight excluding hydrogens is 290 g/mol. The van der Waals surface area contributed by atoms with Crippen molar-refractivity contribution < 1.29 is 14.6 Å². The minimum absolute atomic E-state index is 0.341. The van der Waals surface area contributed by atoms with Gasteiger partial charge in [-0.25, -0.2) is 0 Å². The van der Waals surface area contributed by atoms with Crippen LogP contribution in [0.5, 0.6) is 17.2 Å². The van der Waals surface area contributed by atoms with E-state index in [1.54, 1.807) is 20.3 Å². The van der Waals surface area contributed by atoms with Gasteiger partial charge in [0.15, 0.2) is 11.5 Å². The molecule has 1 N–H and O–H groups in total. The molecule has 23 heavy (non-hydrogen) atoms. The number of methoxy groups -OCH3 is 2. The third-order valence-electron chi connectivity index (χ3n) is 5.14. The van der Waals surface area contributed by atoms with Gasteiger partial charge in [0, 0.05) is 24.7 Å². The Morgan fingerprint density at radius 2 is 1.87 bits per heavy atom. The van der Waals surface area contributed by atoms with Crippen molar-refractivity contribution in [3.05, 3.63) is 52.6 Å². The highest BCUT2D eigenvalue weighted by Gasteiger charge is 2.33. The molecule has 2 aromatic rings. The quantitative estimate of drug-likeness (QED) is 0.925. The second-order valence-electron chi connectivity index (χ2n) is 6.26. The summed E-state index contributed by atoms with van der Waals surface area (Å²) in [5.41, 5.74) is 4.98. The van der Waals surface area contributed by atoms with E-state index in [2.05, 4.69) is 23.1 Å². The molecule has 0 fully saturated rings. The Labute approximate surface area is 136 Å². The van der Waals surface area contributed by atoms with E-state index in [1.165, 1.54) is 16.7 Å². The standard InChI is InChI=1S/C19H21NO3/c1-22-18-9-13-6-7-20-11-15-12(4-3-5-17(15)21)8-16(20)14(13)10-19(18)23-2/h3-5,9-10,16,21H,6-8,11H2,1-2H3. The van der Waals surface area contributed by atoms with Crippen LogP contribution in [0.25, 0.3) is 0 Å². The van der Waals surface area contributed by atoms with Crippen LogP contribution in [-0.4, -0.2) is 30.8 Å². The number of phenolic OH excluding ortho intramolecular Hbond substituents is 1. The van der Waals surface area contributed by atoms with Crippen LogP contribution in [0, 0.1) is 0 Å². The molecule has 1 unspecified atom stereocenters. The monoisotopic (exact) mass is 311 g/mol. The highest BCUT2D eigenvalue weighted by molar-refractivity contribution is 5.51. The Balaban J connectivity index is 1.78. The van der Waals surface area contributed by atoms with E-state index < -0.39 is 0 Å². The minimum Gasteiger partial charge on any atom is -0.508 e. The molecule has 0 saturated carbocycles. The van der Waals surface area contributed by atoms with Crippen molar-refractivity contribution in [2.45, 2.75) is 25.4 Å². The van der Waals surface area contributed by atoms with Gasteiger partial charge in [0.25, 0.3) is 0 Å². The maximum atomic E-state index is 10.1. The molecule has 2 aliphatic rings. The summed E-state index contributed by atoms with van der Waals surface area (Å²) < 4.78 is 10.9. The smallest absolute Gasteiger partial charge is 0.161 e. The van der Waals surface area contributed by atoms with Crippen LogP contribution in [0.15, 0.2) is 30.3 Å². The normalized spacial score (nSPS) is 19.5. The second-order valence-corrected chi connectivity index (χ2v) is 6.26. The van der Waals surface area contributed by atoms with Crippen molar-refractivity contribution in [2.24, 2.45) is 0 Å². The molecule has 0 aliphatic carbocycles. The Hall–Kier alpha value is -2.20. The van der Waals surface area contributed by atoms with Crippen molar-refractivity contribution in [1.82, 2.24) is 4.90 Å². The third kappa shape index (κ3) is 2.25. The van der Waals surface area contributed by atoms with Gasteiger partial charge in [0.1, 0.15) is 5.75 Å². The second kappa shape index (κ2) is 5.46. The molecule has 2 heterocycles. The van der Waals surface area contributed by atoms with E-state index in [9.17, 15) is 5.11 Å².